The van der Waals surface area contributed by atoms with E-state index in [1.54, 1.807) is 7.11 Å². The number of amides is 1. The monoisotopic (exact) mass is 375 g/mol. The van der Waals surface area contributed by atoms with Gasteiger partial charge in [0.2, 0.25) is 5.91 Å². The van der Waals surface area contributed by atoms with Gasteiger partial charge in [-0.25, -0.2) is 4.98 Å². The van der Waals surface area contributed by atoms with Gasteiger partial charge in [0.05, 0.1) is 24.1 Å². The summed E-state index contributed by atoms with van der Waals surface area (Å²) in [5.41, 5.74) is 5.74. The molecule has 0 aliphatic carbocycles. The lowest BCUT2D eigenvalue weighted by Gasteiger charge is -2.16. The quantitative estimate of drug-likeness (QED) is 0.714. The van der Waals surface area contributed by atoms with Crippen LogP contribution in [0, 0.1) is 27.7 Å². The van der Waals surface area contributed by atoms with Crippen LogP contribution in [-0.2, 0) is 16.1 Å². The van der Waals surface area contributed by atoms with Gasteiger partial charge in [-0.15, -0.1) is 0 Å². The summed E-state index contributed by atoms with van der Waals surface area (Å²) < 4.78 is 7.29. The third kappa shape index (κ3) is 5.11. The summed E-state index contributed by atoms with van der Waals surface area (Å²) in [4.78, 5) is 17.0. The third-order valence-electron chi connectivity index (χ3n) is 4.68. The van der Waals surface area contributed by atoms with Gasteiger partial charge in [-0.3, -0.25) is 4.79 Å². The number of hydrogen-bond donors (Lipinski definition) is 1. The van der Waals surface area contributed by atoms with E-state index in [1.807, 2.05) is 20.8 Å². The van der Waals surface area contributed by atoms with Crippen LogP contribution in [0.1, 0.15) is 41.0 Å². The second-order valence-electron chi connectivity index (χ2n) is 6.63. The zero-order valence-corrected chi connectivity index (χ0v) is 17.4. The molecule has 1 amide bonds. The van der Waals surface area contributed by atoms with Crippen LogP contribution in [0.15, 0.2) is 23.4 Å². The fourth-order valence-electron chi connectivity index (χ4n) is 2.71. The normalized spacial score (nSPS) is 12.2. The molecular formula is C20H29N3O2S. The number of benzene rings is 1. The standard InChI is InChI=1S/C20H29N3O2S/c1-13-7-8-18(11-14(13)2)16(4)21-19(24)12-26-20-22-15(3)17(5)23(20)9-10-25-6/h7-8,11,16H,9-10,12H2,1-6H3,(H,21,24)/t16-/m0/s1. The first-order valence-corrected chi connectivity index (χ1v) is 9.84. The average molecular weight is 376 g/mol. The predicted octanol–water partition coefficient (Wildman–Crippen LogP) is 3.73. The number of ether oxygens (including phenoxy) is 1. The van der Waals surface area contributed by atoms with Crippen LogP contribution in [0.25, 0.3) is 0 Å². The minimum absolute atomic E-state index is 0.0114. The molecule has 0 fully saturated rings. The molecule has 0 unspecified atom stereocenters. The summed E-state index contributed by atoms with van der Waals surface area (Å²) in [6.07, 6.45) is 0. The van der Waals surface area contributed by atoms with Crippen LogP contribution in [-0.4, -0.2) is 34.9 Å². The Bertz CT molecular complexity index is 771. The van der Waals surface area contributed by atoms with Gasteiger partial charge in [-0.05, 0) is 51.3 Å². The molecule has 0 radical (unpaired) electrons. The van der Waals surface area contributed by atoms with Crippen molar-refractivity contribution in [3.63, 3.8) is 0 Å². The van der Waals surface area contributed by atoms with Crippen molar-refractivity contribution in [2.24, 2.45) is 0 Å². The number of rotatable bonds is 8. The number of nitrogens with zero attached hydrogens (tertiary/aromatic N) is 2. The zero-order chi connectivity index (χ0) is 19.3. The molecule has 6 heteroatoms. The van der Waals surface area contributed by atoms with E-state index in [-0.39, 0.29) is 11.9 Å². The highest BCUT2D eigenvalue weighted by molar-refractivity contribution is 7.99. The van der Waals surface area contributed by atoms with Crippen molar-refractivity contribution >= 4 is 17.7 Å². The van der Waals surface area contributed by atoms with Crippen molar-refractivity contribution in [3.8, 4) is 0 Å². The molecule has 26 heavy (non-hydrogen) atoms. The highest BCUT2D eigenvalue weighted by Gasteiger charge is 2.15. The molecule has 142 valence electrons. The molecule has 1 atom stereocenters. The number of carbonyl (C=O) groups excluding carboxylic acids is 1. The van der Waals surface area contributed by atoms with Crippen LogP contribution in [0.3, 0.4) is 0 Å². The molecule has 0 bridgehead atoms. The lowest BCUT2D eigenvalue weighted by Crippen LogP contribution is -2.28. The minimum Gasteiger partial charge on any atom is -0.383 e. The smallest absolute Gasteiger partial charge is 0.230 e. The fraction of sp³-hybridized carbons (Fsp3) is 0.500. The van der Waals surface area contributed by atoms with Crippen molar-refractivity contribution in [3.05, 3.63) is 46.3 Å². The highest BCUT2D eigenvalue weighted by Crippen LogP contribution is 2.22. The molecule has 0 saturated heterocycles. The van der Waals surface area contributed by atoms with E-state index in [4.69, 9.17) is 4.74 Å². The Hall–Kier alpha value is -1.79. The second-order valence-corrected chi connectivity index (χ2v) is 7.57. The SMILES string of the molecule is COCCn1c(SCC(=O)N[C@@H](C)c2ccc(C)c(C)c2)nc(C)c1C. The number of aromatic nitrogens is 2. The first-order valence-electron chi connectivity index (χ1n) is 8.85. The van der Waals surface area contributed by atoms with Crippen molar-refractivity contribution in [1.29, 1.82) is 0 Å². The van der Waals surface area contributed by atoms with E-state index in [1.165, 1.54) is 22.9 Å². The molecule has 2 aromatic rings. The molecule has 1 aromatic heterocycles. The Morgan fingerprint density at radius 2 is 2.00 bits per heavy atom. The number of nitrogens with one attached hydrogen (secondary N) is 1. The van der Waals surface area contributed by atoms with Gasteiger partial charge in [0, 0.05) is 19.3 Å². The van der Waals surface area contributed by atoms with E-state index < -0.39 is 0 Å². The molecule has 0 spiro atoms. The molecule has 0 saturated carbocycles. The molecule has 1 aromatic carbocycles. The Morgan fingerprint density at radius 3 is 2.65 bits per heavy atom. The van der Waals surface area contributed by atoms with E-state index in [2.05, 4.69) is 46.9 Å². The molecule has 1 N–H and O–H groups in total. The number of carbonyl (C=O) groups is 1. The first kappa shape index (κ1) is 20.5. The van der Waals surface area contributed by atoms with Crippen LogP contribution in [0.4, 0.5) is 0 Å². The van der Waals surface area contributed by atoms with Crippen molar-refractivity contribution < 1.29 is 9.53 Å². The maximum atomic E-state index is 12.4. The Morgan fingerprint density at radius 1 is 1.27 bits per heavy atom. The van der Waals surface area contributed by atoms with E-state index in [9.17, 15) is 4.79 Å². The molecule has 2 rings (SSSR count). The Balaban J connectivity index is 1.96. The zero-order valence-electron chi connectivity index (χ0n) is 16.5. The maximum absolute atomic E-state index is 12.4. The molecular weight excluding hydrogens is 346 g/mol. The van der Waals surface area contributed by atoms with E-state index >= 15 is 0 Å². The van der Waals surface area contributed by atoms with Gasteiger partial charge in [0.1, 0.15) is 0 Å². The van der Waals surface area contributed by atoms with Gasteiger partial charge in [-0.1, -0.05) is 30.0 Å². The van der Waals surface area contributed by atoms with Crippen molar-refractivity contribution in [1.82, 2.24) is 14.9 Å². The Labute approximate surface area is 160 Å². The van der Waals surface area contributed by atoms with Gasteiger partial charge in [0.15, 0.2) is 5.16 Å². The summed E-state index contributed by atoms with van der Waals surface area (Å²) >= 11 is 1.47. The van der Waals surface area contributed by atoms with Crippen LogP contribution in [0.2, 0.25) is 0 Å². The highest BCUT2D eigenvalue weighted by atomic mass is 32.2. The van der Waals surface area contributed by atoms with Crippen LogP contribution in [0.5, 0.6) is 0 Å². The molecule has 1 heterocycles. The van der Waals surface area contributed by atoms with Gasteiger partial charge >= 0.3 is 0 Å². The topological polar surface area (TPSA) is 56.1 Å². The van der Waals surface area contributed by atoms with Crippen LogP contribution < -0.4 is 5.32 Å². The number of thioether (sulfide) groups is 1. The number of imidazole rings is 1. The Kier molecular flexibility index (Phi) is 7.29. The van der Waals surface area contributed by atoms with E-state index in [0.717, 1.165) is 28.7 Å². The second kappa shape index (κ2) is 9.24. The number of methoxy groups -OCH3 is 1. The maximum Gasteiger partial charge on any atom is 0.230 e. The van der Waals surface area contributed by atoms with Gasteiger partial charge < -0.3 is 14.6 Å². The lowest BCUT2D eigenvalue weighted by molar-refractivity contribution is -0.119. The molecule has 0 aliphatic heterocycles. The summed E-state index contributed by atoms with van der Waals surface area (Å²) in [5, 5.41) is 3.94. The third-order valence-corrected chi connectivity index (χ3v) is 5.66. The summed E-state index contributed by atoms with van der Waals surface area (Å²) in [6, 6.07) is 6.29. The summed E-state index contributed by atoms with van der Waals surface area (Å²) in [6.45, 7) is 11.6. The lowest BCUT2D eigenvalue weighted by atomic mass is 10.0. The van der Waals surface area contributed by atoms with Crippen molar-refractivity contribution in [2.45, 2.75) is 52.4 Å². The summed E-state index contributed by atoms with van der Waals surface area (Å²) in [5.74, 6) is 0.357. The minimum atomic E-state index is -0.0147. The van der Waals surface area contributed by atoms with E-state index in [0.29, 0.717) is 12.4 Å². The fourth-order valence-corrected chi connectivity index (χ4v) is 3.64. The molecule has 0 aliphatic rings. The predicted molar refractivity (Wildman–Crippen MR) is 107 cm³/mol. The largest absolute Gasteiger partial charge is 0.383 e. The van der Waals surface area contributed by atoms with Gasteiger partial charge in [-0.2, -0.15) is 0 Å². The van der Waals surface area contributed by atoms with Crippen LogP contribution >= 0.6 is 11.8 Å². The summed E-state index contributed by atoms with van der Waals surface area (Å²) in [7, 11) is 1.69. The first-order chi connectivity index (χ1) is 12.3. The van der Waals surface area contributed by atoms with Crippen molar-refractivity contribution in [2.75, 3.05) is 19.5 Å². The average Bonchev–Trinajstić information content (AvgIpc) is 2.87. The molecule has 5 nitrogen and oxygen atoms in total. The van der Waals surface area contributed by atoms with Gasteiger partial charge in [0.25, 0.3) is 0 Å². The number of hydrogen-bond acceptors (Lipinski definition) is 4. The number of aryl methyl sites for hydroxylation is 3.